The predicted octanol–water partition coefficient (Wildman–Crippen LogP) is 5.07. The first-order valence-corrected chi connectivity index (χ1v) is 9.96. The molecule has 0 spiro atoms. The molecule has 1 heterocycles. The molecule has 1 aliphatic rings. The summed E-state index contributed by atoms with van der Waals surface area (Å²) in [6.07, 6.45) is 10.8. The van der Waals surface area contributed by atoms with Gasteiger partial charge in [0.2, 0.25) is 0 Å². The monoisotopic (exact) mass is 366 g/mol. The van der Waals surface area contributed by atoms with E-state index in [0.29, 0.717) is 12.6 Å². The molecule has 3 rings (SSSR count). The van der Waals surface area contributed by atoms with Gasteiger partial charge in [-0.05, 0) is 56.0 Å². The Bertz CT molecular complexity index is 742. The fraction of sp³-hybridized carbons (Fsp3) is 0.478. The van der Waals surface area contributed by atoms with E-state index >= 15 is 0 Å². The molecule has 0 N–H and O–H groups in total. The van der Waals surface area contributed by atoms with Crippen LogP contribution in [0.2, 0.25) is 0 Å². The molecule has 1 fully saturated rings. The van der Waals surface area contributed by atoms with Crippen molar-refractivity contribution in [3.63, 3.8) is 0 Å². The molecule has 0 saturated heterocycles. The maximum absolute atomic E-state index is 13.0. The van der Waals surface area contributed by atoms with E-state index in [1.807, 2.05) is 56.3 Å². The van der Waals surface area contributed by atoms with E-state index in [4.69, 9.17) is 4.74 Å². The second-order valence-electron chi connectivity index (χ2n) is 7.65. The van der Waals surface area contributed by atoms with Crippen LogP contribution in [0, 0.1) is 13.8 Å². The van der Waals surface area contributed by atoms with Gasteiger partial charge in [-0.15, -0.1) is 0 Å². The van der Waals surface area contributed by atoms with Crippen molar-refractivity contribution in [1.29, 1.82) is 0 Å². The Morgan fingerprint density at radius 1 is 1.15 bits per heavy atom. The van der Waals surface area contributed by atoms with Crippen molar-refractivity contribution in [3.05, 3.63) is 58.9 Å². The standard InChI is InChI=1S/C23H30N2O2/c1-17-13-20(23(26)25(3)21-10-6-4-5-7-11-21)14-18(2)22(17)27-16-19-9-8-12-24-15-19/h8-9,12-15,21H,4-7,10-11,16H2,1-3H3. The molecule has 0 unspecified atom stereocenters. The molecule has 4 nitrogen and oxygen atoms in total. The first kappa shape index (κ1) is 19.4. The van der Waals surface area contributed by atoms with Crippen molar-refractivity contribution >= 4 is 5.91 Å². The van der Waals surface area contributed by atoms with E-state index in [0.717, 1.165) is 40.8 Å². The second kappa shape index (κ2) is 9.03. The lowest BCUT2D eigenvalue weighted by molar-refractivity contribution is 0.0717. The Morgan fingerprint density at radius 3 is 2.41 bits per heavy atom. The SMILES string of the molecule is Cc1cc(C(=O)N(C)C2CCCCCC2)cc(C)c1OCc1cccnc1. The molecule has 144 valence electrons. The Kier molecular flexibility index (Phi) is 6.49. The minimum Gasteiger partial charge on any atom is -0.488 e. The van der Waals surface area contributed by atoms with Crippen LogP contribution in [-0.2, 0) is 6.61 Å². The van der Waals surface area contributed by atoms with Gasteiger partial charge >= 0.3 is 0 Å². The maximum Gasteiger partial charge on any atom is 0.253 e. The lowest BCUT2D eigenvalue weighted by Gasteiger charge is -2.27. The number of benzene rings is 1. The van der Waals surface area contributed by atoms with E-state index in [1.54, 1.807) is 6.20 Å². The first-order valence-electron chi connectivity index (χ1n) is 9.96. The number of pyridine rings is 1. The quantitative estimate of drug-likeness (QED) is 0.694. The summed E-state index contributed by atoms with van der Waals surface area (Å²) in [6, 6.07) is 8.19. The van der Waals surface area contributed by atoms with E-state index in [1.165, 1.54) is 25.7 Å². The number of amides is 1. The van der Waals surface area contributed by atoms with E-state index in [-0.39, 0.29) is 5.91 Å². The van der Waals surface area contributed by atoms with Crippen molar-refractivity contribution in [2.45, 2.75) is 65.0 Å². The highest BCUT2D eigenvalue weighted by molar-refractivity contribution is 5.95. The summed E-state index contributed by atoms with van der Waals surface area (Å²) < 4.78 is 6.02. The van der Waals surface area contributed by atoms with Gasteiger partial charge in [-0.1, -0.05) is 31.7 Å². The minimum atomic E-state index is 0.118. The van der Waals surface area contributed by atoms with Gasteiger partial charge in [0.25, 0.3) is 5.91 Å². The van der Waals surface area contributed by atoms with Crippen LogP contribution >= 0.6 is 0 Å². The van der Waals surface area contributed by atoms with Crippen LogP contribution in [0.15, 0.2) is 36.7 Å². The number of nitrogens with zero attached hydrogens (tertiary/aromatic N) is 2. The molecule has 0 bridgehead atoms. The van der Waals surface area contributed by atoms with Gasteiger partial charge < -0.3 is 9.64 Å². The van der Waals surface area contributed by atoms with Gasteiger partial charge in [0, 0.05) is 36.6 Å². The molecule has 1 aliphatic carbocycles. The summed E-state index contributed by atoms with van der Waals surface area (Å²) in [5.74, 6) is 0.972. The number of rotatable bonds is 5. The van der Waals surface area contributed by atoms with Crippen LogP contribution in [0.3, 0.4) is 0 Å². The Hall–Kier alpha value is -2.36. The Labute approximate surface area is 162 Å². The number of carbonyl (C=O) groups is 1. The molecule has 1 aromatic carbocycles. The van der Waals surface area contributed by atoms with Crippen molar-refractivity contribution in [3.8, 4) is 5.75 Å². The summed E-state index contributed by atoms with van der Waals surface area (Å²) in [6.45, 7) is 4.49. The molecule has 4 heteroatoms. The summed E-state index contributed by atoms with van der Waals surface area (Å²) in [5.41, 5.74) is 3.78. The molecule has 2 aromatic rings. The van der Waals surface area contributed by atoms with Gasteiger partial charge in [-0.3, -0.25) is 9.78 Å². The second-order valence-corrected chi connectivity index (χ2v) is 7.65. The van der Waals surface area contributed by atoms with Crippen LogP contribution in [-0.4, -0.2) is 28.9 Å². The van der Waals surface area contributed by atoms with Crippen molar-refractivity contribution in [2.24, 2.45) is 0 Å². The fourth-order valence-corrected chi connectivity index (χ4v) is 3.95. The molecule has 0 atom stereocenters. The highest BCUT2D eigenvalue weighted by Gasteiger charge is 2.23. The molecule has 27 heavy (non-hydrogen) atoms. The van der Waals surface area contributed by atoms with Crippen molar-refractivity contribution in [1.82, 2.24) is 9.88 Å². The third kappa shape index (κ3) is 4.88. The summed E-state index contributed by atoms with van der Waals surface area (Å²) in [4.78, 5) is 19.1. The molecular weight excluding hydrogens is 336 g/mol. The molecular formula is C23H30N2O2. The van der Waals surface area contributed by atoms with Gasteiger partial charge in [0.15, 0.2) is 0 Å². The topological polar surface area (TPSA) is 42.4 Å². The first-order chi connectivity index (χ1) is 13.1. The Balaban J connectivity index is 1.72. The van der Waals surface area contributed by atoms with Crippen LogP contribution < -0.4 is 4.74 Å². The smallest absolute Gasteiger partial charge is 0.253 e. The number of aryl methyl sites for hydroxylation is 2. The summed E-state index contributed by atoms with van der Waals surface area (Å²) >= 11 is 0. The number of hydrogen-bond acceptors (Lipinski definition) is 3. The molecule has 1 amide bonds. The average Bonchev–Trinajstić information content (AvgIpc) is 2.96. The molecule has 0 radical (unpaired) electrons. The minimum absolute atomic E-state index is 0.118. The predicted molar refractivity (Wildman–Crippen MR) is 108 cm³/mol. The van der Waals surface area contributed by atoms with Gasteiger partial charge in [0.05, 0.1) is 0 Å². The zero-order valence-electron chi connectivity index (χ0n) is 16.7. The van der Waals surface area contributed by atoms with Crippen LogP contribution in [0.1, 0.15) is 65.6 Å². The van der Waals surface area contributed by atoms with E-state index in [9.17, 15) is 4.79 Å². The average molecular weight is 367 g/mol. The molecule has 1 aromatic heterocycles. The summed E-state index contributed by atoms with van der Waals surface area (Å²) in [5, 5.41) is 0. The van der Waals surface area contributed by atoms with Crippen LogP contribution in [0.25, 0.3) is 0 Å². The lowest BCUT2D eigenvalue weighted by atomic mass is 10.0. The maximum atomic E-state index is 13.0. The number of aromatic nitrogens is 1. The van der Waals surface area contributed by atoms with Crippen LogP contribution in [0.5, 0.6) is 5.75 Å². The van der Waals surface area contributed by atoms with Crippen LogP contribution in [0.4, 0.5) is 0 Å². The summed E-state index contributed by atoms with van der Waals surface area (Å²) in [7, 11) is 1.95. The fourth-order valence-electron chi connectivity index (χ4n) is 3.95. The largest absolute Gasteiger partial charge is 0.488 e. The van der Waals surface area contributed by atoms with E-state index in [2.05, 4.69) is 4.98 Å². The highest BCUT2D eigenvalue weighted by Crippen LogP contribution is 2.28. The molecule has 0 aliphatic heterocycles. The van der Waals surface area contributed by atoms with Crippen molar-refractivity contribution < 1.29 is 9.53 Å². The normalized spacial score (nSPS) is 15.2. The number of hydrogen-bond donors (Lipinski definition) is 0. The lowest BCUT2D eigenvalue weighted by Crippen LogP contribution is -2.36. The Morgan fingerprint density at radius 2 is 1.81 bits per heavy atom. The van der Waals surface area contributed by atoms with Gasteiger partial charge in [-0.2, -0.15) is 0 Å². The third-order valence-corrected chi connectivity index (χ3v) is 5.51. The van der Waals surface area contributed by atoms with Crippen molar-refractivity contribution in [2.75, 3.05) is 7.05 Å². The molecule has 1 saturated carbocycles. The van der Waals surface area contributed by atoms with Gasteiger partial charge in [0.1, 0.15) is 12.4 Å². The highest BCUT2D eigenvalue weighted by atomic mass is 16.5. The third-order valence-electron chi connectivity index (χ3n) is 5.51. The zero-order valence-corrected chi connectivity index (χ0v) is 16.7. The number of carbonyl (C=O) groups excluding carboxylic acids is 1. The zero-order chi connectivity index (χ0) is 19.2. The van der Waals surface area contributed by atoms with E-state index < -0.39 is 0 Å². The number of ether oxygens (including phenoxy) is 1. The van der Waals surface area contributed by atoms with Gasteiger partial charge in [-0.25, -0.2) is 0 Å².